The maximum absolute atomic E-state index is 14.5. The smallest absolute Gasteiger partial charge is 0.343 e. The molecule has 0 bridgehead atoms. The number of carbonyl (C=O) groups is 1. The molecule has 0 atom stereocenters. The van der Waals surface area contributed by atoms with Crippen molar-refractivity contribution in [2.24, 2.45) is 0 Å². The largest absolute Gasteiger partial charge is 0.494 e. The van der Waals surface area contributed by atoms with Crippen molar-refractivity contribution in [2.75, 3.05) is 6.61 Å². The predicted molar refractivity (Wildman–Crippen MR) is 120 cm³/mol. The van der Waals surface area contributed by atoms with Gasteiger partial charge in [0.05, 0.1) is 12.2 Å². The van der Waals surface area contributed by atoms with Crippen molar-refractivity contribution in [2.45, 2.75) is 6.92 Å². The van der Waals surface area contributed by atoms with Gasteiger partial charge < -0.3 is 9.47 Å². The molecule has 6 heteroatoms. The van der Waals surface area contributed by atoms with Crippen LogP contribution in [0.15, 0.2) is 84.9 Å². The number of rotatable bonds is 6. The van der Waals surface area contributed by atoms with Crippen LogP contribution in [-0.2, 0) is 0 Å². The number of benzene rings is 4. The van der Waals surface area contributed by atoms with E-state index in [-0.39, 0.29) is 11.1 Å². The van der Waals surface area contributed by atoms with Crippen molar-refractivity contribution in [3.8, 4) is 33.8 Å². The van der Waals surface area contributed by atoms with E-state index >= 15 is 0 Å². The van der Waals surface area contributed by atoms with Gasteiger partial charge in [-0.1, -0.05) is 42.5 Å². The van der Waals surface area contributed by atoms with Crippen LogP contribution >= 0.6 is 0 Å². The maximum atomic E-state index is 14.5. The van der Waals surface area contributed by atoms with E-state index in [0.717, 1.165) is 0 Å². The van der Waals surface area contributed by atoms with Crippen molar-refractivity contribution in [1.82, 2.24) is 0 Å². The first-order valence-corrected chi connectivity index (χ1v) is 10.3. The number of esters is 1. The van der Waals surface area contributed by atoms with E-state index in [0.29, 0.717) is 29.0 Å². The lowest BCUT2D eigenvalue weighted by molar-refractivity contribution is 0.0727. The molecule has 0 saturated carbocycles. The Morgan fingerprint density at radius 2 is 1.42 bits per heavy atom. The van der Waals surface area contributed by atoms with Crippen LogP contribution in [0, 0.1) is 17.5 Å². The summed E-state index contributed by atoms with van der Waals surface area (Å²) in [6, 6.07) is 21.5. The molecule has 0 saturated heterocycles. The fourth-order valence-corrected chi connectivity index (χ4v) is 3.38. The number of halogens is 3. The van der Waals surface area contributed by atoms with Gasteiger partial charge in [0.2, 0.25) is 5.82 Å². The summed E-state index contributed by atoms with van der Waals surface area (Å²) in [6.07, 6.45) is 0. The minimum Gasteiger partial charge on any atom is -0.494 e. The highest BCUT2D eigenvalue weighted by Crippen LogP contribution is 2.31. The molecule has 0 amide bonds. The number of hydrogen-bond donors (Lipinski definition) is 0. The molecule has 166 valence electrons. The molecule has 33 heavy (non-hydrogen) atoms. The highest BCUT2D eigenvalue weighted by atomic mass is 19.2. The van der Waals surface area contributed by atoms with Crippen molar-refractivity contribution < 1.29 is 27.4 Å². The summed E-state index contributed by atoms with van der Waals surface area (Å²) >= 11 is 0. The van der Waals surface area contributed by atoms with Crippen molar-refractivity contribution in [3.05, 3.63) is 108 Å². The molecule has 0 N–H and O–H groups in total. The summed E-state index contributed by atoms with van der Waals surface area (Å²) in [4.78, 5) is 12.5. The third kappa shape index (κ3) is 4.75. The highest BCUT2D eigenvalue weighted by Gasteiger charge is 2.19. The fourth-order valence-electron chi connectivity index (χ4n) is 3.38. The average Bonchev–Trinajstić information content (AvgIpc) is 2.83. The maximum Gasteiger partial charge on any atom is 0.343 e. The number of carbonyl (C=O) groups excluding carboxylic acids is 1. The second-order valence-corrected chi connectivity index (χ2v) is 7.15. The summed E-state index contributed by atoms with van der Waals surface area (Å²) in [5.74, 6) is -3.78. The van der Waals surface area contributed by atoms with Crippen LogP contribution in [0.4, 0.5) is 13.2 Å². The third-order valence-electron chi connectivity index (χ3n) is 5.02. The summed E-state index contributed by atoms with van der Waals surface area (Å²) in [5.41, 5.74) is 1.55. The Balaban J connectivity index is 1.52. The van der Waals surface area contributed by atoms with E-state index in [1.54, 1.807) is 54.6 Å². The first kappa shape index (κ1) is 22.1. The van der Waals surface area contributed by atoms with Gasteiger partial charge in [-0.3, -0.25) is 0 Å². The van der Waals surface area contributed by atoms with E-state index in [9.17, 15) is 18.0 Å². The lowest BCUT2D eigenvalue weighted by Gasteiger charge is -2.10. The van der Waals surface area contributed by atoms with Gasteiger partial charge in [-0.25, -0.2) is 13.6 Å². The summed E-state index contributed by atoms with van der Waals surface area (Å²) in [5, 5.41) is 0. The van der Waals surface area contributed by atoms with Gasteiger partial charge in [0.15, 0.2) is 11.6 Å². The summed E-state index contributed by atoms with van der Waals surface area (Å²) in [6.45, 7) is 2.23. The van der Waals surface area contributed by atoms with Crippen LogP contribution in [0.3, 0.4) is 0 Å². The average molecular weight is 448 g/mol. The third-order valence-corrected chi connectivity index (χ3v) is 5.02. The number of hydrogen-bond acceptors (Lipinski definition) is 3. The van der Waals surface area contributed by atoms with Crippen LogP contribution < -0.4 is 9.47 Å². The Morgan fingerprint density at radius 1 is 0.758 bits per heavy atom. The highest BCUT2D eigenvalue weighted by molar-refractivity contribution is 5.91. The molecular formula is C27H19F3O3. The van der Waals surface area contributed by atoms with Crippen molar-refractivity contribution in [1.29, 1.82) is 0 Å². The molecule has 0 radical (unpaired) electrons. The molecule has 0 spiro atoms. The first-order valence-electron chi connectivity index (χ1n) is 10.3. The normalized spacial score (nSPS) is 10.7. The molecule has 0 aromatic heterocycles. The minimum atomic E-state index is -1.25. The van der Waals surface area contributed by atoms with Gasteiger partial charge in [0.25, 0.3) is 0 Å². The van der Waals surface area contributed by atoms with Crippen molar-refractivity contribution >= 4 is 5.97 Å². The standard InChI is InChI=1S/C27H19F3O3/c1-2-32-20-12-13-21(23(28)16-20)18-8-10-19(11-9-18)27(31)33-24-15-14-22(25(29)26(24)30)17-6-4-3-5-7-17/h3-16H,2H2,1H3. The molecule has 4 aromatic rings. The number of ether oxygens (including phenoxy) is 2. The van der Waals surface area contributed by atoms with Crippen LogP contribution in [0.5, 0.6) is 11.5 Å². The van der Waals surface area contributed by atoms with E-state index in [2.05, 4.69) is 0 Å². The van der Waals surface area contributed by atoms with Crippen LogP contribution in [0.2, 0.25) is 0 Å². The molecule has 0 fully saturated rings. The molecule has 4 aromatic carbocycles. The summed E-state index contributed by atoms with van der Waals surface area (Å²) in [7, 11) is 0. The van der Waals surface area contributed by atoms with E-state index in [1.165, 1.54) is 30.3 Å². The second kappa shape index (κ2) is 9.61. The SMILES string of the molecule is CCOc1ccc(-c2ccc(C(=O)Oc3ccc(-c4ccccc4)c(F)c3F)cc2)c(F)c1. The van der Waals surface area contributed by atoms with Gasteiger partial charge in [0.1, 0.15) is 11.6 Å². The van der Waals surface area contributed by atoms with Gasteiger partial charge >= 0.3 is 5.97 Å². The lowest BCUT2D eigenvalue weighted by atomic mass is 10.0. The molecule has 0 unspecified atom stereocenters. The van der Waals surface area contributed by atoms with Gasteiger partial charge in [-0.2, -0.15) is 4.39 Å². The summed E-state index contributed by atoms with van der Waals surface area (Å²) < 4.78 is 53.8. The second-order valence-electron chi connectivity index (χ2n) is 7.15. The minimum absolute atomic E-state index is 0.0645. The zero-order chi connectivity index (χ0) is 23.4. The zero-order valence-corrected chi connectivity index (χ0v) is 17.6. The van der Waals surface area contributed by atoms with Crippen LogP contribution in [0.1, 0.15) is 17.3 Å². The monoisotopic (exact) mass is 448 g/mol. The van der Waals surface area contributed by atoms with Gasteiger partial charge in [-0.05, 0) is 54.4 Å². The lowest BCUT2D eigenvalue weighted by Crippen LogP contribution is -2.10. The Kier molecular flexibility index (Phi) is 6.45. The van der Waals surface area contributed by atoms with Crippen LogP contribution in [0.25, 0.3) is 22.3 Å². The topological polar surface area (TPSA) is 35.5 Å². The Bertz CT molecular complexity index is 1290. The Labute approximate surface area is 189 Å². The van der Waals surface area contributed by atoms with Crippen molar-refractivity contribution in [3.63, 3.8) is 0 Å². The quantitative estimate of drug-likeness (QED) is 0.234. The molecule has 0 aliphatic carbocycles. The van der Waals surface area contributed by atoms with E-state index in [1.807, 2.05) is 6.92 Å². The molecular weight excluding hydrogens is 429 g/mol. The van der Waals surface area contributed by atoms with Gasteiger partial charge in [0, 0.05) is 17.2 Å². The van der Waals surface area contributed by atoms with Gasteiger partial charge in [-0.15, -0.1) is 0 Å². The Morgan fingerprint density at radius 3 is 2.09 bits per heavy atom. The van der Waals surface area contributed by atoms with E-state index in [4.69, 9.17) is 9.47 Å². The zero-order valence-electron chi connectivity index (χ0n) is 17.6. The van der Waals surface area contributed by atoms with Crippen LogP contribution in [-0.4, -0.2) is 12.6 Å². The predicted octanol–water partition coefficient (Wildman–Crippen LogP) is 7.06. The molecule has 0 aliphatic heterocycles. The molecule has 0 heterocycles. The fraction of sp³-hybridized carbons (Fsp3) is 0.0741. The Hall–Kier alpha value is -4.06. The molecule has 3 nitrogen and oxygen atoms in total. The first-order chi connectivity index (χ1) is 16.0. The van der Waals surface area contributed by atoms with E-state index < -0.39 is 29.2 Å². The molecule has 0 aliphatic rings. The molecule has 4 rings (SSSR count).